The molecule has 7 heteroatoms. The quantitative estimate of drug-likeness (QED) is 0.543. The Morgan fingerprint density at radius 1 is 1.18 bits per heavy atom. The first-order valence-corrected chi connectivity index (χ1v) is 11.9. The van der Waals surface area contributed by atoms with Crippen LogP contribution in [0.3, 0.4) is 0 Å². The first-order valence-electron chi connectivity index (χ1n) is 11.5. The molecule has 33 heavy (non-hydrogen) atoms. The number of benzene rings is 2. The van der Waals surface area contributed by atoms with E-state index in [0.717, 1.165) is 42.6 Å². The van der Waals surface area contributed by atoms with Gasteiger partial charge in [0, 0.05) is 28.6 Å². The van der Waals surface area contributed by atoms with Crippen molar-refractivity contribution in [3.8, 4) is 5.75 Å². The molecule has 6 nitrogen and oxygen atoms in total. The first-order chi connectivity index (χ1) is 15.7. The number of halogens is 1. The summed E-state index contributed by atoms with van der Waals surface area (Å²) in [5.41, 5.74) is 1.84. The fourth-order valence-corrected chi connectivity index (χ4v) is 5.13. The number of hydrogen-bond donors (Lipinski definition) is 2. The van der Waals surface area contributed by atoms with E-state index in [4.69, 9.17) is 21.1 Å². The van der Waals surface area contributed by atoms with Crippen molar-refractivity contribution >= 4 is 23.5 Å². The van der Waals surface area contributed by atoms with Gasteiger partial charge in [0.25, 0.3) is 5.91 Å². The second kappa shape index (κ2) is 9.74. The van der Waals surface area contributed by atoms with Crippen LogP contribution in [0.5, 0.6) is 5.75 Å². The molecule has 0 unspecified atom stereocenters. The zero-order chi connectivity index (χ0) is 23.6. The highest BCUT2D eigenvalue weighted by Gasteiger charge is 2.49. The molecule has 0 aliphatic carbocycles. The number of hydrogen-bond acceptors (Lipinski definition) is 4. The van der Waals surface area contributed by atoms with E-state index in [1.165, 1.54) is 0 Å². The van der Waals surface area contributed by atoms with Gasteiger partial charge < -0.3 is 19.9 Å². The van der Waals surface area contributed by atoms with Crippen LogP contribution < -0.4 is 10.1 Å². The topological polar surface area (TPSA) is 84.9 Å². The zero-order valence-electron chi connectivity index (χ0n) is 19.0. The summed E-state index contributed by atoms with van der Waals surface area (Å²) in [6.07, 6.45) is 3.46. The van der Waals surface area contributed by atoms with Crippen molar-refractivity contribution in [3.05, 3.63) is 64.2 Å². The van der Waals surface area contributed by atoms with E-state index in [1.807, 2.05) is 18.2 Å². The number of carbonyl (C=O) groups excluding carboxylic acids is 1. The van der Waals surface area contributed by atoms with Crippen molar-refractivity contribution in [1.29, 1.82) is 0 Å². The number of carboxylic acid groups (broad SMARTS) is 1. The smallest absolute Gasteiger partial charge is 0.307 e. The average molecular weight is 472 g/mol. The van der Waals surface area contributed by atoms with E-state index < -0.39 is 11.6 Å². The van der Waals surface area contributed by atoms with Crippen LogP contribution in [0.4, 0.5) is 0 Å². The Hall–Kier alpha value is -2.57. The number of carboxylic acids is 1. The highest BCUT2D eigenvalue weighted by Crippen LogP contribution is 2.52. The van der Waals surface area contributed by atoms with Crippen molar-refractivity contribution in [1.82, 2.24) is 5.32 Å². The number of amides is 1. The Kier molecular flexibility index (Phi) is 6.96. The number of fused-ring (bicyclic) bond motifs is 3. The highest BCUT2D eigenvalue weighted by molar-refractivity contribution is 6.30. The minimum Gasteiger partial charge on any atom is -0.487 e. The molecule has 4 rings (SSSR count). The van der Waals surface area contributed by atoms with Crippen LogP contribution in [0.25, 0.3) is 0 Å². The zero-order valence-corrected chi connectivity index (χ0v) is 19.7. The van der Waals surface area contributed by atoms with Crippen LogP contribution in [0, 0.1) is 5.92 Å². The highest BCUT2D eigenvalue weighted by atomic mass is 35.5. The fourth-order valence-electron chi connectivity index (χ4n) is 5.00. The number of aliphatic carboxylic acids is 1. The third-order valence-electron chi connectivity index (χ3n) is 6.73. The molecule has 4 atom stereocenters. The second-order valence-electron chi connectivity index (χ2n) is 9.27. The fraction of sp³-hybridized carbons (Fsp3) is 0.462. The van der Waals surface area contributed by atoms with Crippen LogP contribution in [-0.4, -0.2) is 35.2 Å². The molecule has 0 saturated carbocycles. The molecule has 176 valence electrons. The van der Waals surface area contributed by atoms with E-state index in [0.29, 0.717) is 17.1 Å². The Balaban J connectivity index is 1.45. The third-order valence-corrected chi connectivity index (χ3v) is 6.99. The van der Waals surface area contributed by atoms with Gasteiger partial charge in [-0.05, 0) is 81.5 Å². The molecule has 2 aliphatic heterocycles. The van der Waals surface area contributed by atoms with Crippen LogP contribution in [0.2, 0.25) is 5.02 Å². The van der Waals surface area contributed by atoms with Crippen LogP contribution in [0.1, 0.15) is 67.1 Å². The Bertz CT molecular complexity index is 1020. The second-order valence-corrected chi connectivity index (χ2v) is 9.71. The summed E-state index contributed by atoms with van der Waals surface area (Å²) in [5.74, 6) is -0.0579. The minimum absolute atomic E-state index is 0.0230. The van der Waals surface area contributed by atoms with Crippen molar-refractivity contribution in [2.75, 3.05) is 6.54 Å². The van der Waals surface area contributed by atoms with Gasteiger partial charge in [0.15, 0.2) is 0 Å². The number of ether oxygens (including phenoxy) is 2. The summed E-state index contributed by atoms with van der Waals surface area (Å²) in [5, 5.41) is 12.7. The van der Waals surface area contributed by atoms with Gasteiger partial charge in [0.05, 0.1) is 18.6 Å². The van der Waals surface area contributed by atoms with Gasteiger partial charge in [-0.3, -0.25) is 9.59 Å². The summed E-state index contributed by atoms with van der Waals surface area (Å²) < 4.78 is 12.9. The lowest BCUT2D eigenvalue weighted by Gasteiger charge is -2.50. The molecule has 1 saturated heterocycles. The summed E-state index contributed by atoms with van der Waals surface area (Å²) in [7, 11) is 0. The number of rotatable bonds is 7. The Morgan fingerprint density at radius 2 is 1.94 bits per heavy atom. The van der Waals surface area contributed by atoms with Crippen molar-refractivity contribution in [2.24, 2.45) is 5.92 Å². The van der Waals surface area contributed by atoms with E-state index in [-0.39, 0.29) is 30.5 Å². The molecule has 2 aromatic carbocycles. The molecule has 2 heterocycles. The molecule has 0 aromatic heterocycles. The molecule has 2 aliphatic rings. The standard InChI is InChI=1S/C26H30ClNO5/c1-16-4-10-21-24(32-16)20-14-17(15-23(29)30)5-11-22(20)33-26(21,2)12-3-13-28-25(31)18-6-8-19(27)9-7-18/h5-9,11,14,16,21,24H,3-4,10,12-13,15H2,1-2H3,(H,28,31)(H,29,30)/t16-,21-,24+,26+/m1/s1. The van der Waals surface area contributed by atoms with E-state index in [2.05, 4.69) is 19.2 Å². The lowest BCUT2D eigenvalue weighted by molar-refractivity contribution is -0.152. The molecule has 0 radical (unpaired) electrons. The molecule has 2 aromatic rings. The molecule has 1 amide bonds. The van der Waals surface area contributed by atoms with E-state index >= 15 is 0 Å². The van der Waals surface area contributed by atoms with Crippen LogP contribution in [0.15, 0.2) is 42.5 Å². The molecule has 2 N–H and O–H groups in total. The Morgan fingerprint density at radius 3 is 2.67 bits per heavy atom. The molecule has 0 bridgehead atoms. The summed E-state index contributed by atoms with van der Waals surface area (Å²) in [6.45, 7) is 4.74. The van der Waals surface area contributed by atoms with Crippen molar-refractivity contribution in [2.45, 2.75) is 63.8 Å². The maximum atomic E-state index is 12.4. The van der Waals surface area contributed by atoms with Gasteiger partial charge in [-0.15, -0.1) is 0 Å². The summed E-state index contributed by atoms with van der Waals surface area (Å²) in [6, 6.07) is 12.4. The van der Waals surface area contributed by atoms with Crippen LogP contribution >= 0.6 is 11.6 Å². The third kappa shape index (κ3) is 5.33. The maximum absolute atomic E-state index is 12.4. The monoisotopic (exact) mass is 471 g/mol. The first kappa shape index (κ1) is 23.6. The van der Waals surface area contributed by atoms with Gasteiger partial charge in [-0.1, -0.05) is 17.7 Å². The maximum Gasteiger partial charge on any atom is 0.307 e. The normalized spacial score (nSPS) is 26.0. The predicted molar refractivity (Wildman–Crippen MR) is 126 cm³/mol. The summed E-state index contributed by atoms with van der Waals surface area (Å²) in [4.78, 5) is 23.6. The van der Waals surface area contributed by atoms with Gasteiger partial charge in [-0.25, -0.2) is 0 Å². The van der Waals surface area contributed by atoms with Gasteiger partial charge in [0.2, 0.25) is 0 Å². The van der Waals surface area contributed by atoms with Gasteiger partial charge in [-0.2, -0.15) is 0 Å². The molecule has 1 fully saturated rings. The minimum atomic E-state index is -0.855. The van der Waals surface area contributed by atoms with Crippen molar-refractivity contribution < 1.29 is 24.2 Å². The van der Waals surface area contributed by atoms with Crippen LogP contribution in [-0.2, 0) is 16.0 Å². The number of nitrogens with one attached hydrogen (secondary N) is 1. The molecule has 0 spiro atoms. The largest absolute Gasteiger partial charge is 0.487 e. The van der Waals surface area contributed by atoms with Crippen molar-refractivity contribution in [3.63, 3.8) is 0 Å². The molecular weight excluding hydrogens is 442 g/mol. The lowest BCUT2D eigenvalue weighted by atomic mass is 9.72. The van der Waals surface area contributed by atoms with E-state index in [1.54, 1.807) is 24.3 Å². The SMILES string of the molecule is C[C@@H]1CC[C@@H]2[C@@H](O1)c1cc(CC(=O)O)ccc1O[C@@]2(C)CCCNC(=O)c1ccc(Cl)cc1. The predicted octanol–water partition coefficient (Wildman–Crippen LogP) is 5.18. The van der Waals surface area contributed by atoms with E-state index in [9.17, 15) is 14.7 Å². The Labute approximate surface area is 199 Å². The number of carbonyl (C=O) groups is 2. The van der Waals surface area contributed by atoms with Gasteiger partial charge >= 0.3 is 5.97 Å². The molecular formula is C26H30ClNO5. The average Bonchev–Trinajstić information content (AvgIpc) is 2.77. The summed E-state index contributed by atoms with van der Waals surface area (Å²) >= 11 is 5.89. The van der Waals surface area contributed by atoms with Gasteiger partial charge in [0.1, 0.15) is 11.4 Å². The lowest BCUT2D eigenvalue weighted by Crippen LogP contribution is -2.50.